The summed E-state index contributed by atoms with van der Waals surface area (Å²) in [6.45, 7) is 0. The van der Waals surface area contributed by atoms with Crippen molar-refractivity contribution in [1.82, 2.24) is 4.72 Å². The van der Waals surface area contributed by atoms with Crippen molar-refractivity contribution in [2.24, 2.45) is 5.73 Å². The fourth-order valence-corrected chi connectivity index (χ4v) is 6.39. The molecule has 9 nitrogen and oxygen atoms in total. The van der Waals surface area contributed by atoms with E-state index in [4.69, 9.17) is 10.8 Å². The largest absolute Gasteiger partial charge is 0.480 e. The summed E-state index contributed by atoms with van der Waals surface area (Å²) in [6.07, 6.45) is 0. The van der Waals surface area contributed by atoms with Crippen molar-refractivity contribution >= 4 is 60.0 Å². The van der Waals surface area contributed by atoms with Crippen LogP contribution in [0, 0.1) is 0 Å². The zero-order chi connectivity index (χ0) is 22.5. The lowest BCUT2D eigenvalue weighted by Crippen LogP contribution is -2.42. The van der Waals surface area contributed by atoms with Crippen LogP contribution in [-0.2, 0) is 19.6 Å². The van der Waals surface area contributed by atoms with Crippen molar-refractivity contribution in [3.8, 4) is 0 Å². The molecule has 2 rings (SSSR count). The Morgan fingerprint density at radius 2 is 1.63 bits per heavy atom. The highest BCUT2D eigenvalue weighted by molar-refractivity contribution is 8.76. The summed E-state index contributed by atoms with van der Waals surface area (Å²) in [7, 11) is 1.68. The molecule has 0 heterocycles. The molecular formula is C18H23N3O6S3. The molecule has 0 saturated carbocycles. The molecule has 164 valence electrons. The molecule has 2 unspecified atom stereocenters. The highest BCUT2D eigenvalue weighted by Gasteiger charge is 2.27. The SMILES string of the molecule is CN(C)c1cccc2c(S(=O)(=O)NC(CSSCC(N)C(=O)O)C(=O)O)cccc12. The predicted molar refractivity (Wildman–Crippen MR) is 121 cm³/mol. The molecular weight excluding hydrogens is 450 g/mol. The second-order valence-electron chi connectivity index (χ2n) is 6.55. The minimum atomic E-state index is -4.13. The van der Waals surface area contributed by atoms with Gasteiger partial charge in [0.15, 0.2) is 0 Å². The molecule has 5 N–H and O–H groups in total. The van der Waals surface area contributed by atoms with Crippen molar-refractivity contribution in [1.29, 1.82) is 0 Å². The summed E-state index contributed by atoms with van der Waals surface area (Å²) < 4.78 is 28.2. The molecule has 0 aromatic heterocycles. The van der Waals surface area contributed by atoms with Crippen molar-refractivity contribution in [2.75, 3.05) is 30.5 Å². The van der Waals surface area contributed by atoms with E-state index in [9.17, 15) is 23.1 Å². The first-order valence-electron chi connectivity index (χ1n) is 8.71. The standard InChI is InChI=1S/C18H23N3O6S3/c1-21(2)15-7-3-6-12-11(15)5-4-8-16(12)30(26,27)20-14(18(24)25)10-29-28-9-13(19)17(22)23/h3-8,13-14,20H,9-10,19H2,1-2H3,(H,22,23)(H,24,25). The van der Waals surface area contributed by atoms with Crippen LogP contribution in [0.2, 0.25) is 0 Å². The van der Waals surface area contributed by atoms with Crippen LogP contribution in [0.4, 0.5) is 5.69 Å². The maximum absolute atomic E-state index is 13.0. The van der Waals surface area contributed by atoms with Crippen LogP contribution >= 0.6 is 21.6 Å². The minimum absolute atomic E-state index is 0.0134. The van der Waals surface area contributed by atoms with Gasteiger partial charge in [-0.25, -0.2) is 8.42 Å². The number of nitrogens with two attached hydrogens (primary N) is 1. The topological polar surface area (TPSA) is 150 Å². The molecule has 2 aromatic carbocycles. The second kappa shape index (κ2) is 10.4. The third-order valence-corrected chi connectivity index (χ3v) is 8.09. The average molecular weight is 474 g/mol. The Labute approximate surface area is 182 Å². The predicted octanol–water partition coefficient (Wildman–Crippen LogP) is 1.43. The van der Waals surface area contributed by atoms with Gasteiger partial charge < -0.3 is 20.8 Å². The molecule has 0 spiro atoms. The molecule has 2 atom stereocenters. The van der Waals surface area contributed by atoms with Gasteiger partial charge in [-0.1, -0.05) is 45.9 Å². The van der Waals surface area contributed by atoms with E-state index in [0.717, 1.165) is 32.7 Å². The first-order chi connectivity index (χ1) is 14.0. The number of aliphatic carboxylic acids is 2. The molecule has 0 fully saturated rings. The second-order valence-corrected chi connectivity index (χ2v) is 10.8. The lowest BCUT2D eigenvalue weighted by molar-refractivity contribution is -0.139. The Bertz CT molecular complexity index is 1030. The number of hydrogen-bond donors (Lipinski definition) is 4. The van der Waals surface area contributed by atoms with Gasteiger partial charge in [-0.05, 0) is 12.1 Å². The number of anilines is 1. The smallest absolute Gasteiger partial charge is 0.322 e. The van der Waals surface area contributed by atoms with Crippen LogP contribution in [-0.4, -0.2) is 68.3 Å². The maximum Gasteiger partial charge on any atom is 0.322 e. The van der Waals surface area contributed by atoms with Crippen LogP contribution < -0.4 is 15.4 Å². The Hall–Kier alpha value is -1.99. The number of sulfonamides is 1. The molecule has 0 amide bonds. The third kappa shape index (κ3) is 6.01. The number of carbonyl (C=O) groups is 2. The lowest BCUT2D eigenvalue weighted by atomic mass is 10.1. The number of carboxylic acid groups (broad SMARTS) is 2. The quantitative estimate of drug-likeness (QED) is 0.279. The van der Waals surface area contributed by atoms with Crippen molar-refractivity contribution < 1.29 is 28.2 Å². The number of carboxylic acids is 2. The number of hydrogen-bond acceptors (Lipinski definition) is 8. The fourth-order valence-electron chi connectivity index (χ4n) is 2.60. The summed E-state index contributed by atoms with van der Waals surface area (Å²) >= 11 is 0. The van der Waals surface area contributed by atoms with Gasteiger partial charge in [0.1, 0.15) is 12.1 Å². The molecule has 0 aliphatic rings. The van der Waals surface area contributed by atoms with Crippen molar-refractivity contribution in [2.45, 2.75) is 17.0 Å². The molecule has 0 bridgehead atoms. The Kier molecular flexibility index (Phi) is 8.38. The monoisotopic (exact) mass is 473 g/mol. The van der Waals surface area contributed by atoms with Gasteiger partial charge in [-0.2, -0.15) is 4.72 Å². The molecule has 0 aliphatic carbocycles. The Morgan fingerprint density at radius 3 is 2.23 bits per heavy atom. The van der Waals surface area contributed by atoms with Crippen LogP contribution in [0.1, 0.15) is 0 Å². The molecule has 12 heteroatoms. The van der Waals surface area contributed by atoms with Crippen LogP contribution in [0.5, 0.6) is 0 Å². The molecule has 0 saturated heterocycles. The van der Waals surface area contributed by atoms with E-state index in [-0.39, 0.29) is 16.4 Å². The van der Waals surface area contributed by atoms with Gasteiger partial charge in [0.25, 0.3) is 0 Å². The number of benzene rings is 2. The Balaban J connectivity index is 2.22. The zero-order valence-corrected chi connectivity index (χ0v) is 18.8. The normalized spacial score (nSPS) is 13.7. The Morgan fingerprint density at radius 1 is 1.03 bits per heavy atom. The summed E-state index contributed by atoms with van der Waals surface area (Å²) in [5.41, 5.74) is 6.23. The summed E-state index contributed by atoms with van der Waals surface area (Å²) in [5.74, 6) is -2.52. The number of rotatable bonds is 11. The van der Waals surface area contributed by atoms with E-state index in [1.807, 2.05) is 25.1 Å². The van der Waals surface area contributed by atoms with Gasteiger partial charge >= 0.3 is 11.9 Å². The highest BCUT2D eigenvalue weighted by atomic mass is 33.1. The fraction of sp³-hybridized carbons (Fsp3) is 0.333. The number of nitrogens with one attached hydrogen (secondary N) is 1. The van der Waals surface area contributed by atoms with Gasteiger partial charge in [0.05, 0.1) is 4.90 Å². The van der Waals surface area contributed by atoms with Gasteiger partial charge in [-0.15, -0.1) is 0 Å². The van der Waals surface area contributed by atoms with Gasteiger partial charge in [0, 0.05) is 42.1 Å². The van der Waals surface area contributed by atoms with E-state index in [2.05, 4.69) is 4.72 Å². The molecule has 0 aliphatic heterocycles. The van der Waals surface area contributed by atoms with Gasteiger partial charge in [-0.3, -0.25) is 9.59 Å². The summed E-state index contributed by atoms with van der Waals surface area (Å²) in [5, 5.41) is 19.4. The van der Waals surface area contributed by atoms with E-state index in [0.29, 0.717) is 5.39 Å². The van der Waals surface area contributed by atoms with Gasteiger partial charge in [0.2, 0.25) is 10.0 Å². The molecule has 30 heavy (non-hydrogen) atoms. The maximum atomic E-state index is 13.0. The molecule has 2 aromatic rings. The minimum Gasteiger partial charge on any atom is -0.480 e. The summed E-state index contributed by atoms with van der Waals surface area (Å²) in [6, 6.07) is 7.64. The van der Waals surface area contributed by atoms with Crippen molar-refractivity contribution in [3.05, 3.63) is 36.4 Å². The van der Waals surface area contributed by atoms with E-state index in [1.165, 1.54) is 6.07 Å². The van der Waals surface area contributed by atoms with Crippen LogP contribution in [0.3, 0.4) is 0 Å². The molecule has 0 radical (unpaired) electrons. The zero-order valence-electron chi connectivity index (χ0n) is 16.3. The number of nitrogens with zero attached hydrogens (tertiary/aromatic N) is 1. The average Bonchev–Trinajstić information content (AvgIpc) is 2.68. The third-order valence-electron chi connectivity index (χ3n) is 4.11. The highest BCUT2D eigenvalue weighted by Crippen LogP contribution is 2.30. The lowest BCUT2D eigenvalue weighted by Gasteiger charge is -2.18. The first-order valence-corrected chi connectivity index (χ1v) is 12.7. The van der Waals surface area contributed by atoms with E-state index in [1.54, 1.807) is 24.3 Å². The number of fused-ring (bicyclic) bond motifs is 1. The van der Waals surface area contributed by atoms with Crippen molar-refractivity contribution in [3.63, 3.8) is 0 Å². The van der Waals surface area contributed by atoms with E-state index >= 15 is 0 Å². The van der Waals surface area contributed by atoms with E-state index < -0.39 is 34.0 Å². The first kappa shape index (κ1) is 24.3. The summed E-state index contributed by atoms with van der Waals surface area (Å²) in [4.78, 5) is 24.1. The van der Waals surface area contributed by atoms with Crippen LogP contribution in [0.25, 0.3) is 10.8 Å². The van der Waals surface area contributed by atoms with Crippen LogP contribution in [0.15, 0.2) is 41.3 Å².